The minimum absolute atomic E-state index is 0.110. The normalized spacial score (nSPS) is 14.1. The number of likely N-dealkylation sites (N-methyl/N-ethyl adjacent to an activating group) is 1. The number of methoxy groups -OCH3 is 3. The lowest BCUT2D eigenvalue weighted by Crippen LogP contribution is -2.44. The summed E-state index contributed by atoms with van der Waals surface area (Å²) >= 11 is 0. The van der Waals surface area contributed by atoms with E-state index in [1.807, 2.05) is 22.9 Å². The van der Waals surface area contributed by atoms with Crippen molar-refractivity contribution < 1.29 is 23.0 Å². The lowest BCUT2D eigenvalue weighted by molar-refractivity contribution is 0.146. The number of aromatic nitrogens is 2. The molecule has 4 aromatic rings. The van der Waals surface area contributed by atoms with Crippen molar-refractivity contribution in [3.63, 3.8) is 0 Å². The predicted octanol–water partition coefficient (Wildman–Crippen LogP) is 5.13. The van der Waals surface area contributed by atoms with E-state index in [1.165, 1.54) is 33.5 Å². The van der Waals surface area contributed by atoms with Crippen molar-refractivity contribution in [2.75, 3.05) is 54.6 Å². The zero-order chi connectivity index (χ0) is 29.1. The number of nitriles is 1. The third kappa shape index (κ3) is 5.59. The third-order valence-electron chi connectivity index (χ3n) is 7.34. The van der Waals surface area contributed by atoms with Crippen molar-refractivity contribution in [3.05, 3.63) is 77.6 Å². The van der Waals surface area contributed by atoms with Gasteiger partial charge in [0.1, 0.15) is 23.3 Å². The second kappa shape index (κ2) is 12.0. The Kier molecular flexibility index (Phi) is 8.19. The van der Waals surface area contributed by atoms with Gasteiger partial charge in [-0.1, -0.05) is 0 Å². The van der Waals surface area contributed by atoms with Crippen LogP contribution in [0.3, 0.4) is 0 Å². The number of rotatable bonds is 8. The van der Waals surface area contributed by atoms with Crippen molar-refractivity contribution in [2.24, 2.45) is 0 Å². The molecular formula is C31H31F2N5O3. The molecule has 0 saturated carbocycles. The van der Waals surface area contributed by atoms with Crippen LogP contribution >= 0.6 is 0 Å². The van der Waals surface area contributed by atoms with E-state index in [0.29, 0.717) is 40.7 Å². The SMILES string of the molecule is COc1cc(-c2cc(-c3ccc(F)cc3F)nc(-n3cccc3CN3CCN(C)CC3)c2C#N)cc(OC)c1OC. The number of piperazine rings is 1. The average molecular weight is 560 g/mol. The van der Waals surface area contributed by atoms with E-state index in [4.69, 9.17) is 19.2 Å². The van der Waals surface area contributed by atoms with Gasteiger partial charge in [-0.25, -0.2) is 13.8 Å². The summed E-state index contributed by atoms with van der Waals surface area (Å²) < 4.78 is 47.3. The fourth-order valence-corrected chi connectivity index (χ4v) is 5.10. The molecule has 0 aliphatic carbocycles. The number of halogens is 2. The summed E-state index contributed by atoms with van der Waals surface area (Å²) in [6.07, 6.45) is 1.85. The Morgan fingerprint density at radius 1 is 0.902 bits per heavy atom. The van der Waals surface area contributed by atoms with Gasteiger partial charge in [-0.05, 0) is 55.1 Å². The monoisotopic (exact) mass is 559 g/mol. The van der Waals surface area contributed by atoms with Gasteiger partial charge < -0.3 is 23.7 Å². The maximum Gasteiger partial charge on any atom is 0.203 e. The van der Waals surface area contributed by atoms with Gasteiger partial charge in [0.15, 0.2) is 17.3 Å². The minimum atomic E-state index is -0.755. The Bertz CT molecular complexity index is 1580. The first-order valence-corrected chi connectivity index (χ1v) is 13.1. The van der Waals surface area contributed by atoms with Crippen LogP contribution in [0.5, 0.6) is 17.2 Å². The van der Waals surface area contributed by atoms with Crippen LogP contribution < -0.4 is 14.2 Å². The maximum absolute atomic E-state index is 15.1. The van der Waals surface area contributed by atoms with Crippen molar-refractivity contribution in [1.29, 1.82) is 5.26 Å². The molecule has 1 aliphatic rings. The van der Waals surface area contributed by atoms with E-state index in [9.17, 15) is 9.65 Å². The molecule has 0 radical (unpaired) electrons. The molecule has 1 fully saturated rings. The fourth-order valence-electron chi connectivity index (χ4n) is 5.10. The van der Waals surface area contributed by atoms with Crippen molar-refractivity contribution in [2.45, 2.75) is 6.54 Å². The molecule has 0 atom stereocenters. The molecule has 41 heavy (non-hydrogen) atoms. The highest BCUT2D eigenvalue weighted by atomic mass is 19.1. The second-order valence-electron chi connectivity index (χ2n) is 9.85. The van der Waals surface area contributed by atoms with Crippen molar-refractivity contribution in [1.82, 2.24) is 19.4 Å². The summed E-state index contributed by atoms with van der Waals surface area (Å²) in [5.41, 5.74) is 2.64. The zero-order valence-electron chi connectivity index (χ0n) is 23.4. The molecule has 2 aromatic carbocycles. The number of nitrogens with zero attached hydrogens (tertiary/aromatic N) is 5. The molecule has 0 N–H and O–H groups in total. The summed E-state index contributed by atoms with van der Waals surface area (Å²) in [4.78, 5) is 9.42. The summed E-state index contributed by atoms with van der Waals surface area (Å²) in [6, 6.07) is 14.7. The van der Waals surface area contributed by atoms with Crippen molar-refractivity contribution in [3.8, 4) is 51.5 Å². The smallest absolute Gasteiger partial charge is 0.203 e. The molecule has 8 nitrogen and oxygen atoms in total. The number of hydrogen-bond acceptors (Lipinski definition) is 7. The number of pyridine rings is 1. The van der Waals surface area contributed by atoms with Crippen LogP contribution in [-0.2, 0) is 6.54 Å². The van der Waals surface area contributed by atoms with Gasteiger partial charge in [0.05, 0.1) is 27.0 Å². The summed E-state index contributed by atoms with van der Waals surface area (Å²) in [7, 11) is 6.63. The first-order chi connectivity index (χ1) is 19.9. The highest BCUT2D eigenvalue weighted by Crippen LogP contribution is 2.43. The van der Waals surface area contributed by atoms with Gasteiger partial charge in [-0.2, -0.15) is 5.26 Å². The molecule has 1 saturated heterocycles. The lowest BCUT2D eigenvalue weighted by atomic mass is 9.97. The van der Waals surface area contributed by atoms with Gasteiger partial charge in [0.2, 0.25) is 5.75 Å². The van der Waals surface area contributed by atoms with Crippen molar-refractivity contribution >= 4 is 0 Å². The van der Waals surface area contributed by atoms with Crippen LogP contribution in [0.25, 0.3) is 28.2 Å². The number of ether oxygens (including phenoxy) is 3. The zero-order valence-corrected chi connectivity index (χ0v) is 23.4. The Hall–Kier alpha value is -4.46. The van der Waals surface area contributed by atoms with E-state index >= 15 is 4.39 Å². The Balaban J connectivity index is 1.73. The first-order valence-electron chi connectivity index (χ1n) is 13.1. The molecule has 0 unspecified atom stereocenters. The molecular weight excluding hydrogens is 528 g/mol. The van der Waals surface area contributed by atoms with E-state index in [2.05, 4.69) is 22.9 Å². The van der Waals surface area contributed by atoms with E-state index in [1.54, 1.807) is 18.2 Å². The average Bonchev–Trinajstić information content (AvgIpc) is 3.44. The number of hydrogen-bond donors (Lipinski definition) is 0. The molecule has 2 aromatic heterocycles. The highest BCUT2D eigenvalue weighted by Gasteiger charge is 2.23. The second-order valence-corrected chi connectivity index (χ2v) is 9.85. The third-order valence-corrected chi connectivity index (χ3v) is 7.34. The molecule has 0 bridgehead atoms. The maximum atomic E-state index is 15.1. The largest absolute Gasteiger partial charge is 0.493 e. The summed E-state index contributed by atoms with van der Waals surface area (Å²) in [6.45, 7) is 4.41. The molecule has 3 heterocycles. The Labute approximate surface area is 237 Å². The topological polar surface area (TPSA) is 75.8 Å². The first kappa shape index (κ1) is 28.1. The lowest BCUT2D eigenvalue weighted by Gasteiger charge is -2.32. The van der Waals surface area contributed by atoms with Crippen LogP contribution in [0.1, 0.15) is 11.3 Å². The van der Waals surface area contributed by atoms with Gasteiger partial charge in [-0.3, -0.25) is 4.90 Å². The number of benzene rings is 2. The summed E-state index contributed by atoms with van der Waals surface area (Å²) in [5, 5.41) is 10.5. The molecule has 10 heteroatoms. The Morgan fingerprint density at radius 2 is 1.61 bits per heavy atom. The molecule has 5 rings (SSSR count). The van der Waals surface area contributed by atoms with E-state index in [0.717, 1.165) is 37.9 Å². The van der Waals surface area contributed by atoms with Gasteiger partial charge in [-0.15, -0.1) is 0 Å². The highest BCUT2D eigenvalue weighted by molar-refractivity contribution is 5.81. The van der Waals surface area contributed by atoms with E-state index < -0.39 is 11.6 Å². The predicted molar refractivity (Wildman–Crippen MR) is 151 cm³/mol. The summed E-state index contributed by atoms with van der Waals surface area (Å²) in [5.74, 6) is 0.0903. The molecule has 212 valence electrons. The van der Waals surface area contributed by atoms with E-state index in [-0.39, 0.29) is 16.8 Å². The van der Waals surface area contributed by atoms with Crippen LogP contribution in [0.15, 0.2) is 54.7 Å². The van der Waals surface area contributed by atoms with Gasteiger partial charge >= 0.3 is 0 Å². The molecule has 0 spiro atoms. The Morgan fingerprint density at radius 3 is 2.22 bits per heavy atom. The molecule has 0 amide bonds. The van der Waals surface area contributed by atoms with Gasteiger partial charge in [0, 0.05) is 61.8 Å². The van der Waals surface area contributed by atoms with Crippen LogP contribution in [0.4, 0.5) is 8.78 Å². The van der Waals surface area contributed by atoms with Crippen LogP contribution in [0, 0.1) is 23.0 Å². The quantitative estimate of drug-likeness (QED) is 0.296. The van der Waals surface area contributed by atoms with Crippen LogP contribution in [0.2, 0.25) is 0 Å². The fraction of sp³-hybridized carbons (Fsp3) is 0.290. The van der Waals surface area contributed by atoms with Gasteiger partial charge in [0.25, 0.3) is 0 Å². The molecule has 1 aliphatic heterocycles. The minimum Gasteiger partial charge on any atom is -0.493 e. The van der Waals surface area contributed by atoms with Crippen LogP contribution in [-0.4, -0.2) is 73.9 Å². The standard InChI is InChI=1S/C31H31F2N5O3/c1-36-10-12-37(13-11-36)19-22-6-5-9-38(22)31-25(18-34)24(17-27(35-31)23-8-7-21(32)16-26(23)33)20-14-28(39-2)30(41-4)29(15-20)40-3/h5-9,14-17H,10-13,19H2,1-4H3.